The van der Waals surface area contributed by atoms with E-state index in [2.05, 4.69) is 46.5 Å². The molecule has 0 radical (unpaired) electrons. The molecular weight excluding hydrogens is 346 g/mol. The van der Waals surface area contributed by atoms with Crippen molar-refractivity contribution >= 4 is 11.8 Å². The highest BCUT2D eigenvalue weighted by atomic mass is 32.2. The molecule has 26 heavy (non-hydrogen) atoms. The van der Waals surface area contributed by atoms with E-state index < -0.39 is 0 Å². The number of nitrogens with zero attached hydrogens (tertiary/aromatic N) is 5. The summed E-state index contributed by atoms with van der Waals surface area (Å²) in [5.41, 5.74) is 4.28. The van der Waals surface area contributed by atoms with Crippen LogP contribution < -0.4 is 0 Å². The van der Waals surface area contributed by atoms with Crippen LogP contribution in [0.1, 0.15) is 17.0 Å². The number of aryl methyl sites for hydroxylation is 2. The third-order valence-electron chi connectivity index (χ3n) is 4.03. The van der Waals surface area contributed by atoms with E-state index in [0.717, 1.165) is 28.1 Å². The van der Waals surface area contributed by atoms with Gasteiger partial charge in [-0.1, -0.05) is 60.3 Å². The fraction of sp³-hybridized carbons (Fsp3) is 0.158. The fourth-order valence-electron chi connectivity index (χ4n) is 2.79. The molecule has 0 N–H and O–H groups in total. The summed E-state index contributed by atoms with van der Waals surface area (Å²) < 4.78 is 7.63. The van der Waals surface area contributed by atoms with Gasteiger partial charge in [0.25, 0.3) is 0 Å². The minimum Gasteiger partial charge on any atom is -0.440 e. The molecule has 7 heteroatoms. The van der Waals surface area contributed by atoms with E-state index in [0.29, 0.717) is 16.8 Å². The zero-order valence-corrected chi connectivity index (χ0v) is 15.3. The lowest BCUT2D eigenvalue weighted by atomic mass is 10.1. The Labute approximate surface area is 155 Å². The molecule has 130 valence electrons. The monoisotopic (exact) mass is 363 g/mol. The number of oxazole rings is 1. The number of rotatable bonds is 5. The summed E-state index contributed by atoms with van der Waals surface area (Å²) in [5.74, 6) is 1.96. The molecule has 2 heterocycles. The minimum absolute atomic E-state index is 0.554. The molecule has 0 spiro atoms. The zero-order chi connectivity index (χ0) is 17.9. The van der Waals surface area contributed by atoms with Gasteiger partial charge in [-0.3, -0.25) is 0 Å². The first-order valence-electron chi connectivity index (χ1n) is 8.20. The molecule has 0 saturated carbocycles. The molecule has 2 aromatic carbocycles. The van der Waals surface area contributed by atoms with E-state index in [4.69, 9.17) is 4.42 Å². The second kappa shape index (κ2) is 7.13. The first kappa shape index (κ1) is 16.5. The standard InChI is InChI=1S/C19H17N5OS/c1-13-7-6-8-14(2)18(13)24-19(21-22-23-24)26-12-17-20-11-16(25-17)15-9-4-3-5-10-15/h3-11H,12H2,1-2H3. The Bertz CT molecular complexity index is 1010. The summed E-state index contributed by atoms with van der Waals surface area (Å²) in [6.07, 6.45) is 1.75. The van der Waals surface area contributed by atoms with Crippen molar-refractivity contribution in [2.75, 3.05) is 0 Å². The van der Waals surface area contributed by atoms with Gasteiger partial charge in [0.05, 0.1) is 17.6 Å². The molecule has 0 bridgehead atoms. The average Bonchev–Trinajstić information content (AvgIpc) is 3.30. The number of tetrazole rings is 1. The maximum absolute atomic E-state index is 5.85. The van der Waals surface area contributed by atoms with E-state index in [-0.39, 0.29) is 0 Å². The largest absolute Gasteiger partial charge is 0.440 e. The van der Waals surface area contributed by atoms with Gasteiger partial charge in [-0.25, -0.2) is 4.98 Å². The topological polar surface area (TPSA) is 69.6 Å². The van der Waals surface area contributed by atoms with Crippen LogP contribution in [0.2, 0.25) is 0 Å². The quantitative estimate of drug-likeness (QED) is 0.494. The number of thioether (sulfide) groups is 1. The number of para-hydroxylation sites is 1. The molecule has 4 aromatic rings. The number of hydrogen-bond donors (Lipinski definition) is 0. The third kappa shape index (κ3) is 3.25. The van der Waals surface area contributed by atoms with Crippen LogP contribution in [0.3, 0.4) is 0 Å². The molecule has 0 aliphatic heterocycles. The van der Waals surface area contributed by atoms with Crippen LogP contribution in [0.5, 0.6) is 0 Å². The van der Waals surface area contributed by atoms with Crippen LogP contribution in [0, 0.1) is 13.8 Å². The van der Waals surface area contributed by atoms with Crippen LogP contribution >= 0.6 is 11.8 Å². The molecule has 0 amide bonds. The van der Waals surface area contributed by atoms with Crippen molar-refractivity contribution in [2.45, 2.75) is 24.8 Å². The van der Waals surface area contributed by atoms with E-state index >= 15 is 0 Å². The lowest BCUT2D eigenvalue weighted by Gasteiger charge is -2.10. The Morgan fingerprint density at radius 3 is 2.54 bits per heavy atom. The predicted octanol–water partition coefficient (Wildman–Crippen LogP) is 4.23. The highest BCUT2D eigenvalue weighted by Crippen LogP contribution is 2.27. The third-order valence-corrected chi connectivity index (χ3v) is 4.93. The Kier molecular flexibility index (Phi) is 4.53. The van der Waals surface area contributed by atoms with Gasteiger partial charge in [-0.15, -0.1) is 5.10 Å². The predicted molar refractivity (Wildman–Crippen MR) is 100 cm³/mol. The summed E-state index contributed by atoms with van der Waals surface area (Å²) in [5, 5.41) is 12.9. The molecular formula is C19H17N5OS. The highest BCUT2D eigenvalue weighted by Gasteiger charge is 2.15. The van der Waals surface area contributed by atoms with Crippen LogP contribution in [-0.4, -0.2) is 25.2 Å². The number of benzene rings is 2. The van der Waals surface area contributed by atoms with Gasteiger partial charge >= 0.3 is 0 Å². The van der Waals surface area contributed by atoms with Gasteiger partial charge in [0, 0.05) is 5.56 Å². The van der Waals surface area contributed by atoms with Gasteiger partial charge in [-0.05, 0) is 35.4 Å². The summed E-state index contributed by atoms with van der Waals surface area (Å²) >= 11 is 1.50. The van der Waals surface area contributed by atoms with Gasteiger partial charge in [0.2, 0.25) is 11.0 Å². The highest BCUT2D eigenvalue weighted by molar-refractivity contribution is 7.98. The first-order valence-corrected chi connectivity index (χ1v) is 9.19. The Morgan fingerprint density at radius 2 is 1.77 bits per heavy atom. The van der Waals surface area contributed by atoms with Crippen molar-refractivity contribution in [3.05, 3.63) is 71.7 Å². The second-order valence-electron chi connectivity index (χ2n) is 5.89. The summed E-state index contributed by atoms with van der Waals surface area (Å²) in [6.45, 7) is 4.11. The van der Waals surface area contributed by atoms with Gasteiger partial charge in [-0.2, -0.15) is 4.68 Å². The number of hydrogen-bond acceptors (Lipinski definition) is 6. The van der Waals surface area contributed by atoms with E-state index in [1.807, 2.05) is 36.4 Å². The van der Waals surface area contributed by atoms with Crippen LogP contribution in [0.15, 0.2) is 64.3 Å². The van der Waals surface area contributed by atoms with Crippen molar-refractivity contribution < 1.29 is 4.42 Å². The normalized spacial score (nSPS) is 11.0. The van der Waals surface area contributed by atoms with Crippen molar-refractivity contribution in [3.63, 3.8) is 0 Å². The van der Waals surface area contributed by atoms with Crippen LogP contribution in [0.25, 0.3) is 17.0 Å². The van der Waals surface area contributed by atoms with Crippen molar-refractivity contribution in [1.29, 1.82) is 0 Å². The SMILES string of the molecule is Cc1cccc(C)c1-n1nnnc1SCc1ncc(-c2ccccc2)o1. The van der Waals surface area contributed by atoms with Gasteiger partial charge in [0.15, 0.2) is 5.76 Å². The van der Waals surface area contributed by atoms with E-state index in [1.54, 1.807) is 10.9 Å². The lowest BCUT2D eigenvalue weighted by molar-refractivity contribution is 0.529. The molecule has 0 unspecified atom stereocenters. The Morgan fingerprint density at radius 1 is 1.00 bits per heavy atom. The fourth-order valence-corrected chi connectivity index (χ4v) is 3.52. The minimum atomic E-state index is 0.554. The maximum atomic E-state index is 5.85. The Balaban J connectivity index is 1.54. The van der Waals surface area contributed by atoms with E-state index in [1.165, 1.54) is 11.8 Å². The second-order valence-corrected chi connectivity index (χ2v) is 6.83. The molecule has 0 fully saturated rings. The summed E-state index contributed by atoms with van der Waals surface area (Å²) in [7, 11) is 0. The lowest BCUT2D eigenvalue weighted by Crippen LogP contribution is -2.04. The van der Waals surface area contributed by atoms with Crippen molar-refractivity contribution in [2.24, 2.45) is 0 Å². The molecule has 6 nitrogen and oxygen atoms in total. The van der Waals surface area contributed by atoms with Crippen LogP contribution in [0.4, 0.5) is 0 Å². The average molecular weight is 363 g/mol. The molecule has 4 rings (SSSR count). The van der Waals surface area contributed by atoms with Gasteiger partial charge < -0.3 is 4.42 Å². The smallest absolute Gasteiger partial charge is 0.214 e. The van der Waals surface area contributed by atoms with Crippen LogP contribution in [-0.2, 0) is 5.75 Å². The summed E-state index contributed by atoms with van der Waals surface area (Å²) in [6, 6.07) is 16.1. The first-order chi connectivity index (χ1) is 12.7. The molecule has 0 aliphatic carbocycles. The molecule has 0 aliphatic rings. The zero-order valence-electron chi connectivity index (χ0n) is 14.5. The molecule has 2 aromatic heterocycles. The number of aromatic nitrogens is 5. The van der Waals surface area contributed by atoms with E-state index in [9.17, 15) is 0 Å². The molecule has 0 saturated heterocycles. The van der Waals surface area contributed by atoms with Crippen molar-refractivity contribution in [3.8, 4) is 17.0 Å². The maximum Gasteiger partial charge on any atom is 0.214 e. The van der Waals surface area contributed by atoms with Crippen molar-refractivity contribution in [1.82, 2.24) is 25.2 Å². The van der Waals surface area contributed by atoms with Gasteiger partial charge in [0.1, 0.15) is 0 Å². The summed E-state index contributed by atoms with van der Waals surface area (Å²) in [4.78, 5) is 4.36. The molecule has 0 atom stereocenters. The Hall–Kier alpha value is -2.93.